The minimum atomic E-state index is -0.0106. The molecule has 0 bridgehead atoms. The van der Waals surface area contributed by atoms with Crippen LogP contribution in [0, 0.1) is 0 Å². The lowest BCUT2D eigenvalue weighted by atomic mass is 10.5. The SMILES string of the molecule is O=c1sc(S)c(-c2sc(=O)sc2S)s1. The van der Waals surface area contributed by atoms with Crippen LogP contribution >= 0.6 is 70.6 Å². The first-order chi connectivity index (χ1) is 6.58. The van der Waals surface area contributed by atoms with Gasteiger partial charge < -0.3 is 0 Å². The maximum atomic E-state index is 11.1. The Morgan fingerprint density at radius 2 is 1.07 bits per heavy atom. The average Bonchev–Trinajstić information content (AvgIpc) is 2.55. The van der Waals surface area contributed by atoms with E-state index in [2.05, 4.69) is 25.3 Å². The highest BCUT2D eigenvalue weighted by molar-refractivity contribution is 7.84. The summed E-state index contributed by atoms with van der Waals surface area (Å²) < 4.78 is 1.29. The van der Waals surface area contributed by atoms with E-state index in [1.165, 1.54) is 0 Å². The number of hydrogen-bond acceptors (Lipinski definition) is 8. The van der Waals surface area contributed by atoms with E-state index in [0.29, 0.717) is 8.42 Å². The molecule has 0 atom stereocenters. The fourth-order valence-electron chi connectivity index (χ4n) is 0.833. The Labute approximate surface area is 106 Å². The molecule has 0 aliphatic carbocycles. The van der Waals surface area contributed by atoms with Crippen LogP contribution in [0.3, 0.4) is 0 Å². The monoisotopic (exact) mass is 298 g/mol. The van der Waals surface area contributed by atoms with E-state index < -0.39 is 0 Å². The van der Waals surface area contributed by atoms with Crippen molar-refractivity contribution < 1.29 is 0 Å². The lowest BCUT2D eigenvalue weighted by molar-refractivity contribution is 1.73. The third-order valence-corrected chi connectivity index (χ3v) is 6.70. The predicted octanol–water partition coefficient (Wildman–Crippen LogP) is 2.90. The van der Waals surface area contributed by atoms with Crippen LogP contribution < -0.4 is 8.11 Å². The van der Waals surface area contributed by atoms with Gasteiger partial charge in [-0.2, -0.15) is 0 Å². The van der Waals surface area contributed by atoms with Crippen molar-refractivity contribution in [1.29, 1.82) is 0 Å². The highest BCUT2D eigenvalue weighted by atomic mass is 32.2. The van der Waals surface area contributed by atoms with Crippen LogP contribution in [0.2, 0.25) is 0 Å². The van der Waals surface area contributed by atoms with Gasteiger partial charge in [-0.1, -0.05) is 45.3 Å². The molecule has 0 N–H and O–H groups in total. The molecule has 74 valence electrons. The van der Waals surface area contributed by atoms with Gasteiger partial charge in [-0.15, -0.1) is 25.3 Å². The van der Waals surface area contributed by atoms with Crippen molar-refractivity contribution in [1.82, 2.24) is 0 Å². The van der Waals surface area contributed by atoms with Gasteiger partial charge in [0.1, 0.15) is 0 Å². The molecule has 0 saturated carbocycles. The Balaban J connectivity index is 2.70. The Hall–Kier alpha value is 0.400. The summed E-state index contributed by atoms with van der Waals surface area (Å²) in [7, 11) is 0. The van der Waals surface area contributed by atoms with Crippen molar-refractivity contribution in [2.75, 3.05) is 0 Å². The number of hydrogen-bond donors (Lipinski definition) is 2. The first kappa shape index (κ1) is 10.9. The van der Waals surface area contributed by atoms with Gasteiger partial charge in [0, 0.05) is 0 Å². The minimum absolute atomic E-state index is 0.0106. The smallest absolute Gasteiger partial charge is 0.265 e. The molecule has 2 rings (SSSR count). The van der Waals surface area contributed by atoms with E-state index in [1.54, 1.807) is 0 Å². The summed E-state index contributed by atoms with van der Waals surface area (Å²) in [6, 6.07) is 0. The molecule has 0 fully saturated rings. The van der Waals surface area contributed by atoms with Crippen molar-refractivity contribution in [3.8, 4) is 9.75 Å². The van der Waals surface area contributed by atoms with Crippen molar-refractivity contribution in [3.63, 3.8) is 0 Å². The Kier molecular flexibility index (Phi) is 3.20. The van der Waals surface area contributed by atoms with Gasteiger partial charge in [0.25, 0.3) is 8.11 Å². The van der Waals surface area contributed by atoms with Gasteiger partial charge in [0.15, 0.2) is 0 Å². The van der Waals surface area contributed by atoms with Gasteiger partial charge >= 0.3 is 0 Å². The molecule has 2 heterocycles. The van der Waals surface area contributed by atoms with Gasteiger partial charge in [0.05, 0.1) is 18.2 Å². The number of rotatable bonds is 1. The van der Waals surface area contributed by atoms with E-state index in [4.69, 9.17) is 0 Å². The van der Waals surface area contributed by atoms with Crippen molar-refractivity contribution >= 4 is 70.6 Å². The highest BCUT2D eigenvalue weighted by Crippen LogP contribution is 2.39. The topological polar surface area (TPSA) is 34.1 Å². The third-order valence-electron chi connectivity index (χ3n) is 1.33. The van der Waals surface area contributed by atoms with E-state index in [9.17, 15) is 9.59 Å². The molecule has 0 radical (unpaired) electrons. The molecule has 0 unspecified atom stereocenters. The van der Waals surface area contributed by atoms with Crippen molar-refractivity contribution in [2.24, 2.45) is 0 Å². The van der Waals surface area contributed by atoms with Crippen LogP contribution in [-0.2, 0) is 0 Å². The van der Waals surface area contributed by atoms with Crippen LogP contribution in [0.15, 0.2) is 18.0 Å². The summed E-state index contributed by atoms with van der Waals surface area (Å²) in [5.41, 5.74) is 0. The molecule has 8 heteroatoms. The summed E-state index contributed by atoms with van der Waals surface area (Å²) in [4.78, 5) is 23.7. The maximum Gasteiger partial charge on any atom is 0.289 e. The first-order valence-corrected chi connectivity index (χ1v) is 7.40. The quantitative estimate of drug-likeness (QED) is 0.794. The number of thiol groups is 2. The summed E-state index contributed by atoms with van der Waals surface area (Å²) >= 11 is 12.8. The standard InChI is InChI=1S/C6H2O2S6/c7-5-11-1(3(9)13-5)2-4(10)14-6(8)12-2/h9-10H. The fourth-order valence-corrected chi connectivity index (χ4v) is 6.17. The molecular formula is C6H2O2S6. The molecule has 0 aliphatic heterocycles. The fraction of sp³-hybridized carbons (Fsp3) is 0. The lowest BCUT2D eigenvalue weighted by Gasteiger charge is -1.92. The summed E-state index contributed by atoms with van der Waals surface area (Å²) in [6.07, 6.45) is 0. The van der Waals surface area contributed by atoms with Gasteiger partial charge in [-0.3, -0.25) is 9.59 Å². The minimum Gasteiger partial charge on any atom is -0.265 e. The second kappa shape index (κ2) is 4.11. The van der Waals surface area contributed by atoms with Gasteiger partial charge in [0.2, 0.25) is 0 Å². The van der Waals surface area contributed by atoms with E-state index in [0.717, 1.165) is 55.1 Å². The van der Waals surface area contributed by atoms with Crippen LogP contribution in [0.1, 0.15) is 0 Å². The molecule has 2 aromatic rings. The second-order valence-corrected chi connectivity index (χ2v) is 8.13. The Bertz CT molecular complexity index is 517. The normalized spacial score (nSPS) is 10.7. The summed E-state index contributed by atoms with van der Waals surface area (Å²) in [5.74, 6) is 0. The molecule has 0 saturated heterocycles. The van der Waals surface area contributed by atoms with Crippen LogP contribution in [0.5, 0.6) is 0 Å². The molecule has 2 nitrogen and oxygen atoms in total. The molecule has 0 amide bonds. The van der Waals surface area contributed by atoms with E-state index in [-0.39, 0.29) is 8.11 Å². The molecule has 2 aromatic heterocycles. The molecule has 14 heavy (non-hydrogen) atoms. The van der Waals surface area contributed by atoms with Crippen molar-refractivity contribution in [2.45, 2.75) is 8.42 Å². The largest absolute Gasteiger partial charge is 0.289 e. The predicted molar refractivity (Wildman–Crippen MR) is 70.4 cm³/mol. The lowest BCUT2D eigenvalue weighted by Crippen LogP contribution is -1.75. The maximum absolute atomic E-state index is 11.1. The second-order valence-electron chi connectivity index (χ2n) is 2.18. The Morgan fingerprint density at radius 3 is 1.29 bits per heavy atom. The third kappa shape index (κ3) is 2.00. The Morgan fingerprint density at radius 1 is 0.714 bits per heavy atom. The molecule has 0 aliphatic rings. The van der Waals surface area contributed by atoms with E-state index in [1.807, 2.05) is 0 Å². The highest BCUT2D eigenvalue weighted by Gasteiger charge is 2.14. The molecule has 0 aromatic carbocycles. The van der Waals surface area contributed by atoms with Crippen LogP contribution in [0.4, 0.5) is 0 Å². The molecule has 0 spiro atoms. The van der Waals surface area contributed by atoms with Gasteiger partial charge in [-0.05, 0) is 0 Å². The summed E-state index contributed by atoms with van der Waals surface area (Å²) in [5, 5.41) is 0. The zero-order chi connectivity index (χ0) is 10.3. The van der Waals surface area contributed by atoms with Crippen LogP contribution in [-0.4, -0.2) is 0 Å². The molecular weight excluding hydrogens is 296 g/mol. The zero-order valence-electron chi connectivity index (χ0n) is 6.34. The van der Waals surface area contributed by atoms with E-state index >= 15 is 0 Å². The van der Waals surface area contributed by atoms with Crippen LogP contribution in [0.25, 0.3) is 9.75 Å². The average molecular weight is 298 g/mol. The zero-order valence-corrected chi connectivity index (χ0v) is 11.4. The first-order valence-electron chi connectivity index (χ1n) is 3.24. The summed E-state index contributed by atoms with van der Waals surface area (Å²) in [6.45, 7) is 0. The van der Waals surface area contributed by atoms with Crippen molar-refractivity contribution in [3.05, 3.63) is 17.7 Å². The van der Waals surface area contributed by atoms with Gasteiger partial charge in [-0.25, -0.2) is 0 Å².